The van der Waals surface area contributed by atoms with E-state index in [4.69, 9.17) is 4.98 Å². The van der Waals surface area contributed by atoms with Gasteiger partial charge in [0.25, 0.3) is 0 Å². The summed E-state index contributed by atoms with van der Waals surface area (Å²) in [4.78, 5) is 8.73. The SMILES string of the molecule is Cc1ccc(-c2nc(C)c(C(C)N(C)CC3(C)CCNC3)s2)cc1. The standard InChI is InChI=1S/C20H29N3S/c1-14-6-8-17(9-7-14)19-22-15(2)18(24-19)16(3)23(5)13-20(4)10-11-21-12-20/h6-9,16,21H,10-13H2,1-5H3. The quantitative estimate of drug-likeness (QED) is 0.871. The zero-order valence-corrected chi connectivity index (χ0v) is 16.3. The molecule has 24 heavy (non-hydrogen) atoms. The molecule has 1 aliphatic rings. The Kier molecular flexibility index (Phi) is 5.09. The van der Waals surface area contributed by atoms with Gasteiger partial charge in [-0.3, -0.25) is 4.90 Å². The topological polar surface area (TPSA) is 28.2 Å². The van der Waals surface area contributed by atoms with E-state index < -0.39 is 0 Å². The number of hydrogen-bond donors (Lipinski definition) is 1. The normalized spacial score (nSPS) is 22.2. The zero-order chi connectivity index (χ0) is 17.3. The molecule has 1 fully saturated rings. The Hall–Kier alpha value is -1.23. The second-order valence-electron chi connectivity index (χ2n) is 7.66. The fourth-order valence-electron chi connectivity index (χ4n) is 3.56. The van der Waals surface area contributed by atoms with Crippen LogP contribution in [0.2, 0.25) is 0 Å². The number of rotatable bonds is 5. The van der Waals surface area contributed by atoms with Gasteiger partial charge in [0, 0.05) is 29.6 Å². The summed E-state index contributed by atoms with van der Waals surface area (Å²) in [6, 6.07) is 9.08. The van der Waals surface area contributed by atoms with Crippen molar-refractivity contribution in [3.8, 4) is 10.6 Å². The highest BCUT2D eigenvalue weighted by Crippen LogP contribution is 2.35. The molecule has 2 atom stereocenters. The molecule has 0 spiro atoms. The van der Waals surface area contributed by atoms with Gasteiger partial charge < -0.3 is 5.32 Å². The van der Waals surface area contributed by atoms with Crippen LogP contribution in [0.4, 0.5) is 0 Å². The Bertz CT molecular complexity index is 683. The Morgan fingerprint density at radius 1 is 1.29 bits per heavy atom. The number of aryl methyl sites for hydroxylation is 2. The average molecular weight is 344 g/mol. The van der Waals surface area contributed by atoms with Gasteiger partial charge in [-0.05, 0) is 46.2 Å². The minimum absolute atomic E-state index is 0.390. The fraction of sp³-hybridized carbons (Fsp3) is 0.550. The first-order valence-electron chi connectivity index (χ1n) is 8.83. The van der Waals surface area contributed by atoms with E-state index in [-0.39, 0.29) is 0 Å². The van der Waals surface area contributed by atoms with Crippen LogP contribution in [0.25, 0.3) is 10.6 Å². The number of nitrogens with zero attached hydrogens (tertiary/aromatic N) is 2. The summed E-state index contributed by atoms with van der Waals surface area (Å²) in [7, 11) is 2.25. The molecule has 130 valence electrons. The smallest absolute Gasteiger partial charge is 0.123 e. The van der Waals surface area contributed by atoms with Crippen molar-refractivity contribution in [3.05, 3.63) is 40.4 Å². The van der Waals surface area contributed by atoms with E-state index in [0.717, 1.165) is 24.6 Å². The molecule has 4 heteroatoms. The second kappa shape index (κ2) is 6.95. The molecule has 0 saturated carbocycles. The first-order chi connectivity index (χ1) is 11.4. The van der Waals surface area contributed by atoms with Gasteiger partial charge in [0.15, 0.2) is 0 Å². The maximum atomic E-state index is 4.84. The number of hydrogen-bond acceptors (Lipinski definition) is 4. The van der Waals surface area contributed by atoms with Crippen LogP contribution < -0.4 is 5.32 Å². The van der Waals surface area contributed by atoms with E-state index >= 15 is 0 Å². The molecule has 3 nitrogen and oxygen atoms in total. The van der Waals surface area contributed by atoms with Gasteiger partial charge in [-0.25, -0.2) is 4.98 Å². The van der Waals surface area contributed by atoms with Gasteiger partial charge in [0.1, 0.15) is 5.01 Å². The minimum Gasteiger partial charge on any atom is -0.316 e. The maximum absolute atomic E-state index is 4.84. The van der Waals surface area contributed by atoms with Crippen molar-refractivity contribution in [2.75, 3.05) is 26.7 Å². The lowest BCUT2D eigenvalue weighted by Crippen LogP contribution is -2.36. The monoisotopic (exact) mass is 343 g/mol. The van der Waals surface area contributed by atoms with Crippen LogP contribution in [0.1, 0.15) is 42.4 Å². The molecular formula is C20H29N3S. The van der Waals surface area contributed by atoms with Crippen LogP contribution >= 0.6 is 11.3 Å². The van der Waals surface area contributed by atoms with E-state index in [1.165, 1.54) is 28.1 Å². The molecule has 0 bridgehead atoms. The summed E-state index contributed by atoms with van der Waals surface area (Å²) in [5.74, 6) is 0. The highest BCUT2D eigenvalue weighted by molar-refractivity contribution is 7.15. The molecule has 2 unspecified atom stereocenters. The lowest BCUT2D eigenvalue weighted by molar-refractivity contribution is 0.170. The Labute approximate surface area is 150 Å². The Morgan fingerprint density at radius 3 is 2.62 bits per heavy atom. The molecule has 1 saturated heterocycles. The van der Waals surface area contributed by atoms with Crippen molar-refractivity contribution in [2.45, 2.75) is 40.2 Å². The second-order valence-corrected chi connectivity index (χ2v) is 8.69. The van der Waals surface area contributed by atoms with E-state index in [9.17, 15) is 0 Å². The number of thiazole rings is 1. The fourth-order valence-corrected chi connectivity index (χ4v) is 4.75. The average Bonchev–Trinajstić information content (AvgIpc) is 3.13. The van der Waals surface area contributed by atoms with Crippen LogP contribution in [0, 0.1) is 19.3 Å². The Morgan fingerprint density at radius 2 is 2.00 bits per heavy atom. The molecule has 3 rings (SSSR count). The third-order valence-electron chi connectivity index (χ3n) is 5.26. The lowest BCUT2D eigenvalue weighted by atomic mass is 9.89. The van der Waals surface area contributed by atoms with Gasteiger partial charge in [-0.15, -0.1) is 11.3 Å². The number of nitrogens with one attached hydrogen (secondary N) is 1. The summed E-state index contributed by atoms with van der Waals surface area (Å²) in [5.41, 5.74) is 4.08. The van der Waals surface area contributed by atoms with Gasteiger partial charge in [-0.1, -0.05) is 36.8 Å². The summed E-state index contributed by atoms with van der Waals surface area (Å²) in [5, 5.41) is 4.64. The molecule has 0 aliphatic carbocycles. The van der Waals surface area contributed by atoms with Gasteiger partial charge >= 0.3 is 0 Å². The first-order valence-corrected chi connectivity index (χ1v) is 9.65. The van der Waals surface area contributed by atoms with Crippen LogP contribution in [0.3, 0.4) is 0 Å². The Balaban J connectivity index is 1.77. The number of aromatic nitrogens is 1. The van der Waals surface area contributed by atoms with Crippen molar-refractivity contribution in [3.63, 3.8) is 0 Å². The zero-order valence-electron chi connectivity index (χ0n) is 15.5. The van der Waals surface area contributed by atoms with Gasteiger partial charge in [-0.2, -0.15) is 0 Å². The van der Waals surface area contributed by atoms with Crippen molar-refractivity contribution < 1.29 is 0 Å². The summed E-state index contributed by atoms with van der Waals surface area (Å²) >= 11 is 1.84. The van der Waals surface area contributed by atoms with E-state index in [1.807, 2.05) is 11.3 Å². The molecule has 0 radical (unpaired) electrons. The molecule has 2 heterocycles. The highest BCUT2D eigenvalue weighted by Gasteiger charge is 2.31. The molecule has 0 amide bonds. The predicted octanol–water partition coefficient (Wildman–Crippen LogP) is 4.42. The summed E-state index contributed by atoms with van der Waals surface area (Å²) in [6.07, 6.45) is 1.26. The van der Waals surface area contributed by atoms with Crippen LogP contribution in [-0.2, 0) is 0 Å². The first kappa shape index (κ1) is 17.6. The van der Waals surface area contributed by atoms with Crippen molar-refractivity contribution in [1.82, 2.24) is 15.2 Å². The third kappa shape index (κ3) is 3.71. The van der Waals surface area contributed by atoms with Crippen molar-refractivity contribution in [2.24, 2.45) is 5.41 Å². The highest BCUT2D eigenvalue weighted by atomic mass is 32.1. The summed E-state index contributed by atoms with van der Waals surface area (Å²) < 4.78 is 0. The molecule has 2 aromatic rings. The molecule has 1 N–H and O–H groups in total. The van der Waals surface area contributed by atoms with E-state index in [2.05, 4.69) is 69.2 Å². The minimum atomic E-state index is 0.390. The van der Waals surface area contributed by atoms with Gasteiger partial charge in [0.2, 0.25) is 0 Å². The lowest BCUT2D eigenvalue weighted by Gasteiger charge is -2.33. The molecule has 1 aromatic heterocycles. The van der Waals surface area contributed by atoms with E-state index in [0.29, 0.717) is 11.5 Å². The molecular weight excluding hydrogens is 314 g/mol. The number of benzene rings is 1. The van der Waals surface area contributed by atoms with E-state index in [1.54, 1.807) is 0 Å². The molecule has 1 aromatic carbocycles. The largest absolute Gasteiger partial charge is 0.316 e. The van der Waals surface area contributed by atoms with Crippen molar-refractivity contribution >= 4 is 11.3 Å². The van der Waals surface area contributed by atoms with Crippen LogP contribution in [-0.4, -0.2) is 36.6 Å². The third-order valence-corrected chi connectivity index (χ3v) is 6.64. The summed E-state index contributed by atoms with van der Waals surface area (Å²) in [6.45, 7) is 12.4. The van der Waals surface area contributed by atoms with Crippen LogP contribution in [0.5, 0.6) is 0 Å². The predicted molar refractivity (Wildman–Crippen MR) is 104 cm³/mol. The maximum Gasteiger partial charge on any atom is 0.123 e. The van der Waals surface area contributed by atoms with Crippen molar-refractivity contribution in [1.29, 1.82) is 0 Å². The van der Waals surface area contributed by atoms with Gasteiger partial charge in [0.05, 0.1) is 5.69 Å². The van der Waals surface area contributed by atoms with Crippen LogP contribution in [0.15, 0.2) is 24.3 Å². The molecule has 1 aliphatic heterocycles.